The predicted octanol–water partition coefficient (Wildman–Crippen LogP) is 5.92. The Labute approximate surface area is 118 Å². The molecule has 1 aliphatic carbocycles. The van der Waals surface area contributed by atoms with Crippen molar-refractivity contribution in [1.29, 1.82) is 0 Å². The molecule has 0 aromatic heterocycles. The van der Waals surface area contributed by atoms with Crippen molar-refractivity contribution in [1.82, 2.24) is 0 Å². The van der Waals surface area contributed by atoms with Crippen LogP contribution in [-0.2, 0) is 0 Å². The Morgan fingerprint density at radius 1 is 0.812 bits per heavy atom. The normalized spacial score (nSPS) is 30.0. The third-order valence-electron chi connectivity index (χ3n) is 4.03. The fraction of sp³-hybridized carbons (Fsp3) is 1.00. The zero-order valence-corrected chi connectivity index (χ0v) is 13.9. The molecule has 0 nitrogen and oxygen atoms in total. The van der Waals surface area contributed by atoms with Crippen LogP contribution in [0.15, 0.2) is 0 Å². The van der Waals surface area contributed by atoms with E-state index in [2.05, 4.69) is 45.7 Å². The number of hydrogen-bond donors (Lipinski definition) is 0. The van der Waals surface area contributed by atoms with Gasteiger partial charge in [-0.3, -0.25) is 0 Å². The molecule has 0 spiro atoms. The first-order valence-corrected chi connectivity index (χ1v) is 8.76. The molecule has 1 saturated carbocycles. The van der Waals surface area contributed by atoms with Gasteiger partial charge in [-0.05, 0) is 37.5 Å². The highest BCUT2D eigenvalue weighted by Crippen LogP contribution is 2.36. The van der Waals surface area contributed by atoms with E-state index in [1.165, 1.54) is 51.4 Å². The predicted molar refractivity (Wildman–Crippen MR) is 80.7 cm³/mol. The van der Waals surface area contributed by atoms with Gasteiger partial charge in [0.1, 0.15) is 0 Å². The van der Waals surface area contributed by atoms with Crippen molar-refractivity contribution in [2.45, 2.75) is 74.9 Å². The van der Waals surface area contributed by atoms with E-state index >= 15 is 0 Å². The summed E-state index contributed by atoms with van der Waals surface area (Å²) >= 11 is 7.54. The molecule has 2 unspecified atom stereocenters. The molecule has 0 aromatic rings. The lowest BCUT2D eigenvalue weighted by molar-refractivity contribution is 0.251. The van der Waals surface area contributed by atoms with Crippen molar-refractivity contribution >= 4 is 31.9 Å². The molecule has 1 rings (SSSR count). The molecule has 16 heavy (non-hydrogen) atoms. The molecule has 1 fully saturated rings. The van der Waals surface area contributed by atoms with Crippen LogP contribution in [0.1, 0.15) is 65.2 Å². The smallest absolute Gasteiger partial charge is 0.0145 e. The van der Waals surface area contributed by atoms with Gasteiger partial charge >= 0.3 is 0 Å². The molecule has 0 aromatic carbocycles. The zero-order valence-electron chi connectivity index (χ0n) is 10.7. The summed E-state index contributed by atoms with van der Waals surface area (Å²) in [6.45, 7) is 4.56. The van der Waals surface area contributed by atoms with E-state index in [4.69, 9.17) is 0 Å². The van der Waals surface area contributed by atoms with Gasteiger partial charge in [-0.2, -0.15) is 0 Å². The van der Waals surface area contributed by atoms with Crippen LogP contribution < -0.4 is 0 Å². The van der Waals surface area contributed by atoms with Crippen molar-refractivity contribution in [2.75, 3.05) is 0 Å². The first kappa shape index (κ1) is 15.0. The quantitative estimate of drug-likeness (QED) is 0.520. The minimum absolute atomic E-state index is 0.758. The zero-order chi connectivity index (χ0) is 12.0. The molecule has 96 valence electrons. The summed E-state index contributed by atoms with van der Waals surface area (Å²) in [7, 11) is 0. The Morgan fingerprint density at radius 2 is 1.12 bits per heavy atom. The maximum Gasteiger partial charge on any atom is 0.0145 e. The van der Waals surface area contributed by atoms with Crippen LogP contribution in [-0.4, -0.2) is 9.65 Å². The fourth-order valence-electron chi connectivity index (χ4n) is 2.76. The lowest BCUT2D eigenvalue weighted by Gasteiger charge is -2.30. The van der Waals surface area contributed by atoms with E-state index in [0.29, 0.717) is 0 Å². The van der Waals surface area contributed by atoms with Gasteiger partial charge in [0.25, 0.3) is 0 Å². The van der Waals surface area contributed by atoms with Crippen LogP contribution in [0.4, 0.5) is 0 Å². The second-order valence-electron chi connectivity index (χ2n) is 5.37. The highest BCUT2D eigenvalue weighted by Gasteiger charge is 2.23. The molecule has 1 aliphatic rings. The molecule has 0 N–H and O–H groups in total. The maximum absolute atomic E-state index is 3.77. The number of halogens is 2. The number of rotatable bonds is 6. The van der Waals surface area contributed by atoms with Crippen LogP contribution >= 0.6 is 31.9 Å². The molecule has 0 heterocycles. The minimum atomic E-state index is 0.758. The first-order chi connectivity index (χ1) is 7.65. The summed E-state index contributed by atoms with van der Waals surface area (Å²) < 4.78 is 0. The molecule has 2 atom stereocenters. The lowest BCUT2D eigenvalue weighted by Crippen LogP contribution is -2.19. The second kappa shape index (κ2) is 8.13. The van der Waals surface area contributed by atoms with E-state index in [9.17, 15) is 0 Å². The van der Waals surface area contributed by atoms with Gasteiger partial charge in [0.15, 0.2) is 0 Å². The monoisotopic (exact) mass is 352 g/mol. The van der Waals surface area contributed by atoms with Crippen LogP contribution in [0.3, 0.4) is 0 Å². The molecule has 0 aliphatic heterocycles. The summed E-state index contributed by atoms with van der Waals surface area (Å²) in [6.07, 6.45) is 11.2. The van der Waals surface area contributed by atoms with Crippen molar-refractivity contribution in [3.63, 3.8) is 0 Å². The molecular formula is C14H26Br2. The fourth-order valence-corrected chi connectivity index (χ4v) is 3.82. The summed E-state index contributed by atoms with van der Waals surface area (Å²) in [5.41, 5.74) is 0. The summed E-state index contributed by atoms with van der Waals surface area (Å²) in [5.74, 6) is 1.99. The Morgan fingerprint density at radius 3 is 1.38 bits per heavy atom. The summed E-state index contributed by atoms with van der Waals surface area (Å²) in [5, 5.41) is 0. The number of alkyl halides is 2. The van der Waals surface area contributed by atoms with Gasteiger partial charge in [-0.25, -0.2) is 0 Å². The molecule has 0 bridgehead atoms. The third kappa shape index (κ3) is 5.53. The molecule has 2 heteroatoms. The average molecular weight is 354 g/mol. The average Bonchev–Trinajstić information content (AvgIpc) is 2.31. The SMILES string of the molecule is CCC(Br)CC1CCC(CC(Br)CC)CC1. The number of hydrogen-bond acceptors (Lipinski definition) is 0. The van der Waals surface area contributed by atoms with Gasteiger partial charge in [-0.15, -0.1) is 0 Å². The van der Waals surface area contributed by atoms with Crippen LogP contribution in [0.5, 0.6) is 0 Å². The molecule has 0 radical (unpaired) electrons. The van der Waals surface area contributed by atoms with Gasteiger partial charge < -0.3 is 0 Å². The largest absolute Gasteiger partial charge is 0.0891 e. The maximum atomic E-state index is 3.77. The second-order valence-corrected chi connectivity index (χ2v) is 7.96. The Balaban J connectivity index is 2.18. The highest BCUT2D eigenvalue weighted by molar-refractivity contribution is 9.09. The van der Waals surface area contributed by atoms with Gasteiger partial charge in [0, 0.05) is 9.65 Å². The van der Waals surface area contributed by atoms with Crippen LogP contribution in [0.25, 0.3) is 0 Å². The van der Waals surface area contributed by atoms with E-state index in [1.54, 1.807) is 0 Å². The highest BCUT2D eigenvalue weighted by atomic mass is 79.9. The summed E-state index contributed by atoms with van der Waals surface area (Å²) in [6, 6.07) is 0. The molecule has 0 saturated heterocycles. The first-order valence-electron chi connectivity index (χ1n) is 6.93. The van der Waals surface area contributed by atoms with Crippen LogP contribution in [0.2, 0.25) is 0 Å². The summed E-state index contributed by atoms with van der Waals surface area (Å²) in [4.78, 5) is 1.52. The van der Waals surface area contributed by atoms with Gasteiger partial charge in [0.2, 0.25) is 0 Å². The van der Waals surface area contributed by atoms with Crippen molar-refractivity contribution in [3.05, 3.63) is 0 Å². The third-order valence-corrected chi connectivity index (χ3v) is 6.07. The van der Waals surface area contributed by atoms with Crippen LogP contribution in [0, 0.1) is 11.8 Å². The lowest BCUT2D eigenvalue weighted by atomic mass is 9.78. The van der Waals surface area contributed by atoms with Gasteiger partial charge in [0.05, 0.1) is 0 Å². The molecular weight excluding hydrogens is 328 g/mol. The Hall–Kier alpha value is 0.960. The topological polar surface area (TPSA) is 0 Å². The van der Waals surface area contributed by atoms with E-state index < -0.39 is 0 Å². The minimum Gasteiger partial charge on any atom is -0.0891 e. The van der Waals surface area contributed by atoms with E-state index in [1.807, 2.05) is 0 Å². The van der Waals surface area contributed by atoms with E-state index in [0.717, 1.165) is 21.5 Å². The van der Waals surface area contributed by atoms with Crippen molar-refractivity contribution in [3.8, 4) is 0 Å². The van der Waals surface area contributed by atoms with Crippen molar-refractivity contribution in [2.24, 2.45) is 11.8 Å². The Bertz CT molecular complexity index is 154. The van der Waals surface area contributed by atoms with E-state index in [-0.39, 0.29) is 0 Å². The van der Waals surface area contributed by atoms with Gasteiger partial charge in [-0.1, -0.05) is 71.4 Å². The molecule has 0 amide bonds. The van der Waals surface area contributed by atoms with Crippen molar-refractivity contribution < 1.29 is 0 Å². The Kier molecular flexibility index (Phi) is 7.63. The standard InChI is InChI=1S/C14H26Br2/c1-3-13(15)9-11-5-7-12(8-6-11)10-14(16)4-2/h11-14H,3-10H2,1-2H3.